The van der Waals surface area contributed by atoms with E-state index in [0.717, 1.165) is 6.42 Å². The zero-order chi connectivity index (χ0) is 8.04. The Hall–Kier alpha value is 0.960. The lowest BCUT2D eigenvalue weighted by atomic mass is 10.1. The highest BCUT2D eigenvalue weighted by Gasteiger charge is 2.18. The molecule has 0 aromatic carbocycles. The highest BCUT2D eigenvalue weighted by molar-refractivity contribution is 9.25. The summed E-state index contributed by atoms with van der Waals surface area (Å²) >= 11 is 7.26. The summed E-state index contributed by atoms with van der Waals surface area (Å²) in [5.74, 6) is 0. The third-order valence-corrected chi connectivity index (χ3v) is 3.58. The van der Waals surface area contributed by atoms with Crippen LogP contribution in [0.1, 0.15) is 46.0 Å². The molecule has 0 saturated heterocycles. The Morgan fingerprint density at radius 2 is 1.70 bits per heavy atom. The van der Waals surface area contributed by atoms with Crippen molar-refractivity contribution in [3.63, 3.8) is 0 Å². The van der Waals surface area contributed by atoms with E-state index in [4.69, 9.17) is 0 Å². The van der Waals surface area contributed by atoms with Gasteiger partial charge in [0.2, 0.25) is 0 Å². The van der Waals surface area contributed by atoms with E-state index >= 15 is 0 Å². The van der Waals surface area contributed by atoms with E-state index < -0.39 is 0 Å². The van der Waals surface area contributed by atoms with E-state index in [1.807, 2.05) is 0 Å². The summed E-state index contributed by atoms with van der Waals surface area (Å²) < 4.78 is 0.217. The normalized spacial score (nSPS) is 12.0. The van der Waals surface area contributed by atoms with Crippen molar-refractivity contribution in [1.82, 2.24) is 0 Å². The first-order valence-electron chi connectivity index (χ1n) is 4.00. The van der Waals surface area contributed by atoms with Crippen molar-refractivity contribution in [3.05, 3.63) is 0 Å². The van der Waals surface area contributed by atoms with Crippen molar-refractivity contribution < 1.29 is 0 Å². The summed E-state index contributed by atoms with van der Waals surface area (Å²) in [6, 6.07) is 0. The minimum absolute atomic E-state index is 0.217. The highest BCUT2D eigenvalue weighted by Crippen LogP contribution is 2.35. The summed E-state index contributed by atoms with van der Waals surface area (Å²) in [5, 5.41) is 0. The zero-order valence-electron chi connectivity index (χ0n) is 6.79. The average Bonchev–Trinajstić information content (AvgIpc) is 1.89. The topological polar surface area (TPSA) is 0 Å². The molecule has 62 valence electrons. The van der Waals surface area contributed by atoms with Gasteiger partial charge in [0.1, 0.15) is 0 Å². The van der Waals surface area contributed by atoms with Crippen LogP contribution in [0.5, 0.6) is 0 Å². The van der Waals surface area contributed by atoms with Gasteiger partial charge in [-0.2, -0.15) is 0 Å². The molecule has 0 rings (SSSR count). The number of hydrogen-bond donors (Lipinski definition) is 0. The van der Waals surface area contributed by atoms with Crippen molar-refractivity contribution in [3.8, 4) is 0 Å². The molecule has 0 bridgehead atoms. The second-order valence-electron chi connectivity index (χ2n) is 2.67. The molecule has 0 saturated carbocycles. The molecule has 0 aromatic heterocycles. The van der Waals surface area contributed by atoms with Crippen LogP contribution in [-0.2, 0) is 0 Å². The van der Waals surface area contributed by atoms with Crippen LogP contribution < -0.4 is 0 Å². The van der Waals surface area contributed by atoms with Gasteiger partial charge >= 0.3 is 0 Å². The Balaban J connectivity index is 3.28. The van der Waals surface area contributed by atoms with E-state index in [2.05, 4.69) is 45.7 Å². The fraction of sp³-hybridized carbons (Fsp3) is 1.00. The Morgan fingerprint density at radius 1 is 1.10 bits per heavy atom. The third-order valence-electron chi connectivity index (χ3n) is 1.66. The van der Waals surface area contributed by atoms with Gasteiger partial charge < -0.3 is 0 Å². The Morgan fingerprint density at radius 3 is 2.10 bits per heavy atom. The van der Waals surface area contributed by atoms with Crippen LogP contribution in [0.25, 0.3) is 0 Å². The lowest BCUT2D eigenvalue weighted by molar-refractivity contribution is 0.622. The largest absolute Gasteiger partial charge is 0.0803 e. The maximum atomic E-state index is 3.63. The van der Waals surface area contributed by atoms with Crippen LogP contribution in [0.4, 0.5) is 0 Å². The van der Waals surface area contributed by atoms with Crippen molar-refractivity contribution in [2.24, 2.45) is 0 Å². The van der Waals surface area contributed by atoms with Crippen LogP contribution in [0.2, 0.25) is 0 Å². The van der Waals surface area contributed by atoms with Gasteiger partial charge in [0.05, 0.1) is 3.23 Å². The lowest BCUT2D eigenvalue weighted by Gasteiger charge is -2.17. The zero-order valence-corrected chi connectivity index (χ0v) is 9.96. The average molecular weight is 272 g/mol. The minimum atomic E-state index is 0.217. The number of alkyl halides is 2. The molecule has 0 heterocycles. The first-order valence-corrected chi connectivity index (χ1v) is 5.59. The molecule has 0 aromatic rings. The Kier molecular flexibility index (Phi) is 6.13. The molecule has 0 aliphatic heterocycles. The van der Waals surface area contributed by atoms with Gasteiger partial charge in [-0.25, -0.2) is 0 Å². The van der Waals surface area contributed by atoms with Crippen LogP contribution in [-0.4, -0.2) is 3.23 Å². The summed E-state index contributed by atoms with van der Waals surface area (Å²) in [6.07, 6.45) is 6.35. The second kappa shape index (κ2) is 5.59. The molecule has 0 nitrogen and oxygen atoms in total. The molecule has 0 spiro atoms. The maximum Gasteiger partial charge on any atom is 0.0803 e. The maximum absolute atomic E-state index is 3.63. The summed E-state index contributed by atoms with van der Waals surface area (Å²) in [7, 11) is 0. The fourth-order valence-electron chi connectivity index (χ4n) is 0.810. The molecule has 0 amide bonds. The van der Waals surface area contributed by atoms with E-state index in [0.29, 0.717) is 0 Å². The van der Waals surface area contributed by atoms with Gasteiger partial charge in [0, 0.05) is 0 Å². The lowest BCUT2D eigenvalue weighted by Crippen LogP contribution is -2.08. The molecule has 0 N–H and O–H groups in total. The first-order chi connectivity index (χ1) is 4.62. The Bertz CT molecular complexity index is 79.3. The molecule has 0 unspecified atom stereocenters. The van der Waals surface area contributed by atoms with Gasteiger partial charge in [-0.1, -0.05) is 65.0 Å². The van der Waals surface area contributed by atoms with E-state index in [1.165, 1.54) is 25.7 Å². The first kappa shape index (κ1) is 11.0. The number of hydrogen-bond acceptors (Lipinski definition) is 0. The molecule has 0 aliphatic rings. The second-order valence-corrected chi connectivity index (χ2v) is 6.77. The van der Waals surface area contributed by atoms with E-state index in [1.54, 1.807) is 0 Å². The summed E-state index contributed by atoms with van der Waals surface area (Å²) in [5.41, 5.74) is 0. The van der Waals surface area contributed by atoms with Crippen molar-refractivity contribution in [2.45, 2.75) is 49.2 Å². The Labute approximate surface area is 81.0 Å². The van der Waals surface area contributed by atoms with E-state index in [-0.39, 0.29) is 3.23 Å². The van der Waals surface area contributed by atoms with Gasteiger partial charge in [-0.15, -0.1) is 0 Å². The molecule has 10 heavy (non-hydrogen) atoms. The number of unbranched alkanes of at least 4 members (excludes halogenated alkanes) is 2. The standard InChI is InChI=1S/C8H16Br2/c1-3-5-6-7-8(9,10)4-2/h3-7H2,1-2H3. The number of halogens is 2. The van der Waals surface area contributed by atoms with Gasteiger partial charge in [-0.3, -0.25) is 0 Å². The highest BCUT2D eigenvalue weighted by atomic mass is 79.9. The monoisotopic (exact) mass is 270 g/mol. The molecule has 0 radical (unpaired) electrons. The molecule has 2 heteroatoms. The predicted octanol–water partition coefficient (Wildman–Crippen LogP) is 4.46. The van der Waals surface area contributed by atoms with E-state index in [9.17, 15) is 0 Å². The van der Waals surface area contributed by atoms with Crippen molar-refractivity contribution in [2.75, 3.05) is 0 Å². The van der Waals surface area contributed by atoms with Crippen molar-refractivity contribution >= 4 is 31.9 Å². The van der Waals surface area contributed by atoms with Gasteiger partial charge in [-0.05, 0) is 12.8 Å². The molecule has 0 atom stereocenters. The molecular weight excluding hydrogens is 256 g/mol. The number of rotatable bonds is 5. The van der Waals surface area contributed by atoms with Gasteiger partial charge in [0.15, 0.2) is 0 Å². The van der Waals surface area contributed by atoms with Gasteiger partial charge in [0.25, 0.3) is 0 Å². The fourth-order valence-corrected chi connectivity index (χ4v) is 1.37. The van der Waals surface area contributed by atoms with Crippen LogP contribution >= 0.6 is 31.9 Å². The third kappa shape index (κ3) is 5.72. The minimum Gasteiger partial charge on any atom is -0.0727 e. The molecular formula is C8H16Br2. The summed E-state index contributed by atoms with van der Waals surface area (Å²) in [4.78, 5) is 0. The summed E-state index contributed by atoms with van der Waals surface area (Å²) in [6.45, 7) is 4.42. The van der Waals surface area contributed by atoms with Crippen molar-refractivity contribution in [1.29, 1.82) is 0 Å². The van der Waals surface area contributed by atoms with Crippen LogP contribution in [0, 0.1) is 0 Å². The molecule has 0 fully saturated rings. The molecule has 0 aliphatic carbocycles. The SMILES string of the molecule is CCCCCC(Br)(Br)CC. The predicted molar refractivity (Wildman–Crippen MR) is 55.0 cm³/mol. The van der Waals surface area contributed by atoms with Crippen LogP contribution in [0.3, 0.4) is 0 Å². The smallest absolute Gasteiger partial charge is 0.0727 e. The van der Waals surface area contributed by atoms with Crippen LogP contribution in [0.15, 0.2) is 0 Å². The quantitative estimate of drug-likeness (QED) is 0.512.